The molecule has 0 aromatic rings. The first kappa shape index (κ1) is 11.2. The highest BCUT2D eigenvalue weighted by Gasteiger charge is 2.30. The predicted octanol–water partition coefficient (Wildman–Crippen LogP) is 1.05. The molecular formula is C8H13FINO2. The number of alkyl halides is 2. The topological polar surface area (TPSA) is 38.3 Å². The number of rotatable bonds is 4. The van der Waals surface area contributed by atoms with Crippen LogP contribution in [0.2, 0.25) is 0 Å². The highest BCUT2D eigenvalue weighted by molar-refractivity contribution is 14.1. The molecule has 1 aliphatic heterocycles. The van der Waals surface area contributed by atoms with E-state index in [2.05, 4.69) is 27.9 Å². The van der Waals surface area contributed by atoms with Crippen molar-refractivity contribution < 1.29 is 13.9 Å². The van der Waals surface area contributed by atoms with Crippen molar-refractivity contribution in [1.82, 2.24) is 5.32 Å². The Morgan fingerprint density at radius 3 is 3.00 bits per heavy atom. The van der Waals surface area contributed by atoms with Crippen molar-refractivity contribution in [2.45, 2.75) is 25.1 Å². The molecule has 13 heavy (non-hydrogen) atoms. The number of nitrogens with one attached hydrogen (secondary N) is 1. The summed E-state index contributed by atoms with van der Waals surface area (Å²) in [5.74, 6) is -0.315. The molecule has 0 spiro atoms. The molecule has 0 saturated carbocycles. The third-order valence-corrected chi connectivity index (χ3v) is 2.65. The van der Waals surface area contributed by atoms with Crippen molar-refractivity contribution in [2.24, 2.45) is 0 Å². The fourth-order valence-electron chi connectivity index (χ4n) is 1.20. The minimum Gasteiger partial charge on any atom is -0.464 e. The van der Waals surface area contributed by atoms with Crippen LogP contribution in [0.4, 0.5) is 4.39 Å². The third-order valence-electron chi connectivity index (χ3n) is 1.88. The molecule has 1 heterocycles. The van der Waals surface area contributed by atoms with Gasteiger partial charge in [0, 0.05) is 17.4 Å². The predicted molar refractivity (Wildman–Crippen MR) is 55.8 cm³/mol. The Hall–Kier alpha value is 0.0900. The van der Waals surface area contributed by atoms with Crippen molar-refractivity contribution in [3.05, 3.63) is 0 Å². The Balaban J connectivity index is 2.16. The largest absolute Gasteiger partial charge is 0.464 e. The van der Waals surface area contributed by atoms with Crippen LogP contribution in [0.3, 0.4) is 0 Å². The number of hydrogen-bond acceptors (Lipinski definition) is 3. The molecule has 1 fully saturated rings. The molecule has 0 bridgehead atoms. The van der Waals surface area contributed by atoms with E-state index >= 15 is 0 Å². The highest BCUT2D eigenvalue weighted by Crippen LogP contribution is 2.11. The fourth-order valence-corrected chi connectivity index (χ4v) is 1.51. The molecule has 3 nitrogen and oxygen atoms in total. The second kappa shape index (κ2) is 5.74. The molecule has 2 unspecified atom stereocenters. The number of hydrogen-bond donors (Lipinski definition) is 1. The Labute approximate surface area is 90.5 Å². The molecule has 0 aromatic carbocycles. The standard InChI is InChI=1S/C8H13FINO2/c9-6-4-7(11-5-6)8(12)13-3-1-2-10/h6-7,11H,1-5H2. The minimum atomic E-state index is -0.901. The zero-order valence-corrected chi connectivity index (χ0v) is 9.42. The molecule has 5 heteroatoms. The number of carbonyl (C=O) groups is 1. The van der Waals surface area contributed by atoms with E-state index in [1.54, 1.807) is 0 Å². The minimum absolute atomic E-state index is 0.253. The zero-order valence-electron chi connectivity index (χ0n) is 7.26. The lowest BCUT2D eigenvalue weighted by molar-refractivity contribution is -0.145. The summed E-state index contributed by atoms with van der Waals surface area (Å²) in [5.41, 5.74) is 0. The molecule has 0 amide bonds. The van der Waals surface area contributed by atoms with Crippen LogP contribution in [-0.4, -0.2) is 35.8 Å². The average molecular weight is 301 g/mol. The molecule has 0 aromatic heterocycles. The van der Waals surface area contributed by atoms with Crippen LogP contribution in [0.15, 0.2) is 0 Å². The summed E-state index contributed by atoms with van der Waals surface area (Å²) >= 11 is 2.22. The molecule has 0 radical (unpaired) electrons. The molecule has 76 valence electrons. The zero-order chi connectivity index (χ0) is 9.68. The second-order valence-electron chi connectivity index (χ2n) is 3.00. The first-order valence-electron chi connectivity index (χ1n) is 4.34. The molecule has 0 aliphatic carbocycles. The van der Waals surface area contributed by atoms with Crippen molar-refractivity contribution >= 4 is 28.6 Å². The lowest BCUT2D eigenvalue weighted by Crippen LogP contribution is -2.32. The Bertz CT molecular complexity index is 180. The average Bonchev–Trinajstić information content (AvgIpc) is 2.52. The number of esters is 1. The van der Waals surface area contributed by atoms with Gasteiger partial charge in [0.1, 0.15) is 12.2 Å². The van der Waals surface area contributed by atoms with E-state index in [0.717, 1.165) is 10.8 Å². The normalized spacial score (nSPS) is 27.5. The van der Waals surface area contributed by atoms with Crippen molar-refractivity contribution in [3.8, 4) is 0 Å². The van der Waals surface area contributed by atoms with E-state index in [4.69, 9.17) is 4.74 Å². The summed E-state index contributed by atoms with van der Waals surface area (Å²) in [6.45, 7) is 0.711. The van der Waals surface area contributed by atoms with Gasteiger partial charge in [-0.2, -0.15) is 0 Å². The van der Waals surface area contributed by atoms with Crippen LogP contribution in [0.5, 0.6) is 0 Å². The van der Waals surface area contributed by atoms with Gasteiger partial charge in [-0.15, -0.1) is 0 Å². The highest BCUT2D eigenvalue weighted by atomic mass is 127. The van der Waals surface area contributed by atoms with Gasteiger partial charge >= 0.3 is 5.97 Å². The molecule has 1 saturated heterocycles. The van der Waals surface area contributed by atoms with Gasteiger partial charge in [0.2, 0.25) is 0 Å². The number of halogens is 2. The molecule has 1 N–H and O–H groups in total. The summed E-state index contributed by atoms with van der Waals surface area (Å²) in [6.07, 6.45) is 0.211. The van der Waals surface area contributed by atoms with Crippen LogP contribution in [0.1, 0.15) is 12.8 Å². The van der Waals surface area contributed by atoms with Gasteiger partial charge < -0.3 is 10.1 Å². The summed E-state index contributed by atoms with van der Waals surface area (Å²) in [7, 11) is 0. The summed E-state index contributed by atoms with van der Waals surface area (Å²) < 4.78 is 18.6. The van der Waals surface area contributed by atoms with Crippen LogP contribution in [0, 0.1) is 0 Å². The van der Waals surface area contributed by atoms with Gasteiger partial charge in [-0.3, -0.25) is 4.79 Å². The van der Waals surface area contributed by atoms with Crippen molar-refractivity contribution in [1.29, 1.82) is 0 Å². The maximum Gasteiger partial charge on any atom is 0.323 e. The van der Waals surface area contributed by atoms with E-state index in [9.17, 15) is 9.18 Å². The Kier molecular flexibility index (Phi) is 4.93. The van der Waals surface area contributed by atoms with Crippen LogP contribution in [0.25, 0.3) is 0 Å². The third kappa shape index (κ3) is 3.76. The Morgan fingerprint density at radius 2 is 2.46 bits per heavy atom. The van der Waals surface area contributed by atoms with Crippen LogP contribution in [-0.2, 0) is 9.53 Å². The van der Waals surface area contributed by atoms with Gasteiger partial charge in [0.05, 0.1) is 6.61 Å². The van der Waals surface area contributed by atoms with Crippen molar-refractivity contribution in [3.63, 3.8) is 0 Å². The molecule has 2 atom stereocenters. The van der Waals surface area contributed by atoms with E-state index in [-0.39, 0.29) is 18.9 Å². The van der Waals surface area contributed by atoms with Gasteiger partial charge in [-0.1, -0.05) is 22.6 Å². The fraction of sp³-hybridized carbons (Fsp3) is 0.875. The number of carbonyl (C=O) groups excluding carboxylic acids is 1. The van der Waals surface area contributed by atoms with Gasteiger partial charge in [0.15, 0.2) is 0 Å². The van der Waals surface area contributed by atoms with Gasteiger partial charge in [0.25, 0.3) is 0 Å². The first-order chi connectivity index (χ1) is 6.24. The smallest absolute Gasteiger partial charge is 0.323 e. The van der Waals surface area contributed by atoms with E-state index in [1.807, 2.05) is 0 Å². The summed E-state index contributed by atoms with van der Waals surface area (Å²) in [5, 5.41) is 2.78. The summed E-state index contributed by atoms with van der Waals surface area (Å²) in [6, 6.07) is -0.427. The lowest BCUT2D eigenvalue weighted by atomic mass is 10.2. The summed E-state index contributed by atoms with van der Waals surface area (Å²) in [4.78, 5) is 11.2. The maximum atomic E-state index is 12.7. The SMILES string of the molecule is O=C(OCCCI)C1CC(F)CN1. The first-order valence-corrected chi connectivity index (χ1v) is 5.86. The van der Waals surface area contributed by atoms with E-state index in [0.29, 0.717) is 6.61 Å². The van der Waals surface area contributed by atoms with Crippen molar-refractivity contribution in [2.75, 3.05) is 17.6 Å². The van der Waals surface area contributed by atoms with Crippen LogP contribution >= 0.6 is 22.6 Å². The van der Waals surface area contributed by atoms with Crippen LogP contribution < -0.4 is 5.32 Å². The monoisotopic (exact) mass is 301 g/mol. The van der Waals surface area contributed by atoms with Gasteiger partial charge in [-0.05, 0) is 6.42 Å². The molecule has 1 aliphatic rings. The number of ether oxygens (including phenoxy) is 1. The molecule has 1 rings (SSSR count). The lowest BCUT2D eigenvalue weighted by Gasteiger charge is -2.08. The van der Waals surface area contributed by atoms with Gasteiger partial charge in [-0.25, -0.2) is 4.39 Å². The second-order valence-corrected chi connectivity index (χ2v) is 4.08. The Morgan fingerprint density at radius 1 is 1.69 bits per heavy atom. The maximum absolute atomic E-state index is 12.7. The molecular weight excluding hydrogens is 288 g/mol. The quantitative estimate of drug-likeness (QED) is 0.365. The van der Waals surface area contributed by atoms with E-state index < -0.39 is 12.2 Å². The van der Waals surface area contributed by atoms with E-state index in [1.165, 1.54) is 0 Å².